The molecule has 0 aromatic carbocycles. The molecule has 2 aliphatic carbocycles. The Morgan fingerprint density at radius 2 is 2.29 bits per heavy atom. The molecule has 0 unspecified atom stereocenters. The maximum atomic E-state index is 9.18. The van der Waals surface area contributed by atoms with Crippen molar-refractivity contribution in [1.82, 2.24) is 19.5 Å². The first kappa shape index (κ1) is 9.35. The fourth-order valence-corrected chi connectivity index (χ4v) is 3.08. The van der Waals surface area contributed by atoms with Crippen molar-refractivity contribution < 1.29 is 5.11 Å². The number of imidazole rings is 1. The Labute approximate surface area is 97.5 Å². The summed E-state index contributed by atoms with van der Waals surface area (Å²) in [6, 6.07) is 0.430. The third-order valence-corrected chi connectivity index (χ3v) is 4.30. The Bertz CT molecular complexity index is 609. The second-order valence-corrected chi connectivity index (χ2v) is 5.12. The molecule has 2 fully saturated rings. The molecule has 4 rings (SSSR count). The number of rotatable bonds is 2. The Balaban J connectivity index is 1.77. The number of hydrogen-bond donors (Lipinski definition) is 2. The lowest BCUT2D eigenvalue weighted by molar-refractivity contribution is 0.264. The molecule has 2 aliphatic rings. The molecule has 17 heavy (non-hydrogen) atoms. The molecular weight excluding hydrogens is 218 g/mol. The third kappa shape index (κ3) is 1.06. The van der Waals surface area contributed by atoms with Crippen LogP contribution in [0.1, 0.15) is 18.9 Å². The molecule has 2 saturated carbocycles. The average Bonchev–Trinajstić information content (AvgIpc) is 3.18. The van der Waals surface area contributed by atoms with E-state index in [9.17, 15) is 5.11 Å². The van der Waals surface area contributed by atoms with Crippen LogP contribution in [0.15, 0.2) is 12.7 Å². The van der Waals surface area contributed by atoms with E-state index in [1.165, 1.54) is 6.33 Å². The van der Waals surface area contributed by atoms with Crippen molar-refractivity contribution in [2.75, 3.05) is 12.3 Å². The lowest BCUT2D eigenvalue weighted by Crippen LogP contribution is -2.00. The third-order valence-electron chi connectivity index (χ3n) is 4.30. The molecule has 2 aromatic heterocycles. The molecule has 0 amide bonds. The molecule has 0 radical (unpaired) electrons. The van der Waals surface area contributed by atoms with Crippen molar-refractivity contribution >= 4 is 17.0 Å². The van der Waals surface area contributed by atoms with Gasteiger partial charge < -0.3 is 15.4 Å². The predicted molar refractivity (Wildman–Crippen MR) is 61.0 cm³/mol. The highest BCUT2D eigenvalue weighted by Crippen LogP contribution is 2.76. The van der Waals surface area contributed by atoms with Crippen molar-refractivity contribution in [2.45, 2.75) is 18.9 Å². The van der Waals surface area contributed by atoms with Gasteiger partial charge >= 0.3 is 0 Å². The van der Waals surface area contributed by atoms with E-state index in [1.807, 2.05) is 0 Å². The van der Waals surface area contributed by atoms with Crippen molar-refractivity contribution in [2.24, 2.45) is 11.3 Å². The van der Waals surface area contributed by atoms with Crippen LogP contribution in [0.2, 0.25) is 0 Å². The summed E-state index contributed by atoms with van der Waals surface area (Å²) in [5, 5.41) is 9.18. The van der Waals surface area contributed by atoms with Gasteiger partial charge in [0.15, 0.2) is 11.5 Å². The Morgan fingerprint density at radius 1 is 1.41 bits per heavy atom. The summed E-state index contributed by atoms with van der Waals surface area (Å²) in [6.07, 6.45) is 5.51. The van der Waals surface area contributed by atoms with Gasteiger partial charge in [0.1, 0.15) is 11.8 Å². The number of aromatic nitrogens is 4. The quantitative estimate of drug-likeness (QED) is 0.778. The van der Waals surface area contributed by atoms with Crippen LogP contribution in [-0.4, -0.2) is 31.2 Å². The summed E-state index contributed by atoms with van der Waals surface area (Å²) in [4.78, 5) is 12.5. The Hall–Kier alpha value is -1.69. The minimum atomic E-state index is 0.292. The molecule has 2 heterocycles. The van der Waals surface area contributed by atoms with Gasteiger partial charge in [0.25, 0.3) is 0 Å². The monoisotopic (exact) mass is 231 g/mol. The second-order valence-electron chi connectivity index (χ2n) is 5.12. The van der Waals surface area contributed by atoms with Gasteiger partial charge in [0, 0.05) is 12.6 Å². The SMILES string of the molecule is Nc1ncnc2c1ncn2[C@H]1C[C@]12C[C@@H]2CO. The van der Waals surface area contributed by atoms with E-state index in [0.717, 1.165) is 18.5 Å². The van der Waals surface area contributed by atoms with E-state index in [4.69, 9.17) is 5.73 Å². The van der Waals surface area contributed by atoms with Crippen molar-refractivity contribution in [3.63, 3.8) is 0 Å². The number of aliphatic hydroxyl groups excluding tert-OH is 1. The van der Waals surface area contributed by atoms with Crippen molar-refractivity contribution in [3.8, 4) is 0 Å². The molecule has 3 atom stereocenters. The molecule has 0 bridgehead atoms. The van der Waals surface area contributed by atoms with Crippen LogP contribution in [0.25, 0.3) is 11.2 Å². The summed E-state index contributed by atoms with van der Waals surface area (Å²) in [5.74, 6) is 0.891. The molecule has 3 N–H and O–H groups in total. The largest absolute Gasteiger partial charge is 0.396 e. The predicted octanol–water partition coefficient (Wildman–Crippen LogP) is 0.352. The molecule has 6 heteroatoms. The lowest BCUT2D eigenvalue weighted by atomic mass is 10.3. The number of nitrogen functional groups attached to an aromatic ring is 1. The van der Waals surface area contributed by atoms with E-state index in [0.29, 0.717) is 35.3 Å². The second kappa shape index (κ2) is 2.76. The van der Waals surface area contributed by atoms with Gasteiger partial charge in [-0.2, -0.15) is 0 Å². The standard InChI is InChI=1S/C11H13N5O/c12-9-8-10(14-4-13-9)16(5-15-8)7-2-11(7)1-6(11)3-17/h4-7,17H,1-3H2,(H2,12,13,14)/t6-,7+,11+/m1/s1. The topological polar surface area (TPSA) is 89.9 Å². The lowest BCUT2D eigenvalue weighted by Gasteiger charge is -2.01. The Kier molecular flexibility index (Phi) is 1.52. The number of aliphatic hydroxyl groups is 1. The zero-order valence-corrected chi connectivity index (χ0v) is 9.24. The summed E-state index contributed by atoms with van der Waals surface area (Å²) in [5.41, 5.74) is 7.57. The van der Waals surface area contributed by atoms with E-state index in [2.05, 4.69) is 19.5 Å². The zero-order valence-electron chi connectivity index (χ0n) is 9.24. The van der Waals surface area contributed by atoms with Crippen LogP contribution < -0.4 is 5.73 Å². The van der Waals surface area contributed by atoms with Crippen molar-refractivity contribution in [3.05, 3.63) is 12.7 Å². The summed E-state index contributed by atoms with van der Waals surface area (Å²) in [7, 11) is 0. The number of anilines is 1. The first-order valence-electron chi connectivity index (χ1n) is 5.80. The number of nitrogens with zero attached hydrogens (tertiary/aromatic N) is 4. The van der Waals surface area contributed by atoms with Crippen LogP contribution >= 0.6 is 0 Å². The van der Waals surface area contributed by atoms with Crippen LogP contribution in [0.3, 0.4) is 0 Å². The van der Waals surface area contributed by atoms with Crippen LogP contribution in [0.5, 0.6) is 0 Å². The molecule has 0 aliphatic heterocycles. The first-order chi connectivity index (χ1) is 8.26. The Morgan fingerprint density at radius 3 is 3.06 bits per heavy atom. The minimum Gasteiger partial charge on any atom is -0.396 e. The van der Waals surface area contributed by atoms with E-state index in [1.54, 1.807) is 6.33 Å². The summed E-state index contributed by atoms with van der Waals surface area (Å²) >= 11 is 0. The van der Waals surface area contributed by atoms with Gasteiger partial charge in [-0.3, -0.25) is 0 Å². The van der Waals surface area contributed by atoms with E-state index in [-0.39, 0.29) is 0 Å². The molecule has 6 nitrogen and oxygen atoms in total. The maximum absolute atomic E-state index is 9.18. The number of hydrogen-bond acceptors (Lipinski definition) is 5. The number of nitrogens with two attached hydrogens (primary N) is 1. The van der Waals surface area contributed by atoms with Crippen LogP contribution in [0.4, 0.5) is 5.82 Å². The highest BCUT2D eigenvalue weighted by Gasteiger charge is 2.71. The molecular formula is C11H13N5O. The van der Waals surface area contributed by atoms with Gasteiger partial charge in [0.2, 0.25) is 0 Å². The van der Waals surface area contributed by atoms with Gasteiger partial charge in [0.05, 0.1) is 6.33 Å². The smallest absolute Gasteiger partial charge is 0.165 e. The molecule has 1 spiro atoms. The van der Waals surface area contributed by atoms with E-state index < -0.39 is 0 Å². The fraction of sp³-hybridized carbons (Fsp3) is 0.545. The first-order valence-corrected chi connectivity index (χ1v) is 5.80. The fourth-order valence-electron chi connectivity index (χ4n) is 3.08. The van der Waals surface area contributed by atoms with Gasteiger partial charge in [-0.15, -0.1) is 0 Å². The highest BCUT2D eigenvalue weighted by molar-refractivity contribution is 5.81. The summed E-state index contributed by atoms with van der Waals surface area (Å²) in [6.45, 7) is 0.292. The molecule has 0 saturated heterocycles. The van der Waals surface area contributed by atoms with Gasteiger partial charge in [-0.05, 0) is 24.2 Å². The number of fused-ring (bicyclic) bond motifs is 1. The zero-order chi connectivity index (χ0) is 11.6. The van der Waals surface area contributed by atoms with Crippen LogP contribution in [0, 0.1) is 11.3 Å². The van der Waals surface area contributed by atoms with Gasteiger partial charge in [-0.25, -0.2) is 15.0 Å². The van der Waals surface area contributed by atoms with Gasteiger partial charge in [-0.1, -0.05) is 0 Å². The van der Waals surface area contributed by atoms with Crippen LogP contribution in [-0.2, 0) is 0 Å². The van der Waals surface area contributed by atoms with Crippen molar-refractivity contribution in [1.29, 1.82) is 0 Å². The maximum Gasteiger partial charge on any atom is 0.165 e. The normalized spacial score (nSPS) is 34.4. The summed E-state index contributed by atoms with van der Waals surface area (Å²) < 4.78 is 2.09. The average molecular weight is 231 g/mol. The minimum absolute atomic E-state index is 0.292. The molecule has 88 valence electrons. The molecule has 2 aromatic rings. The highest BCUT2D eigenvalue weighted by atomic mass is 16.3. The van der Waals surface area contributed by atoms with E-state index >= 15 is 0 Å².